The maximum atomic E-state index is 11.2. The summed E-state index contributed by atoms with van der Waals surface area (Å²) in [6.45, 7) is 3.15. The van der Waals surface area contributed by atoms with Crippen LogP contribution in [0, 0.1) is 0 Å². The van der Waals surface area contributed by atoms with Crippen LogP contribution < -0.4 is 0 Å². The van der Waals surface area contributed by atoms with E-state index in [1.54, 1.807) is 6.92 Å². The van der Waals surface area contributed by atoms with E-state index in [2.05, 4.69) is 15.9 Å². The summed E-state index contributed by atoms with van der Waals surface area (Å²) in [5, 5.41) is 9.47. The Bertz CT molecular complexity index is 188. The highest BCUT2D eigenvalue weighted by molar-refractivity contribution is 9.09. The number of aliphatic hydroxyl groups is 1. The number of hydrogen-bond donors (Lipinski definition) is 1. The van der Waals surface area contributed by atoms with Crippen molar-refractivity contribution in [3.63, 3.8) is 0 Å². The minimum absolute atomic E-state index is 0.0955. The van der Waals surface area contributed by atoms with Gasteiger partial charge in [0.05, 0.1) is 19.3 Å². The summed E-state index contributed by atoms with van der Waals surface area (Å²) in [4.78, 5) is 12.9. The van der Waals surface area contributed by atoms with E-state index >= 15 is 0 Å². The number of likely N-dealkylation sites (tertiary alicyclic amines) is 1. The van der Waals surface area contributed by atoms with Gasteiger partial charge < -0.3 is 14.7 Å². The number of alkyl halides is 1. The van der Waals surface area contributed by atoms with Crippen molar-refractivity contribution in [2.75, 3.05) is 19.7 Å². The molecule has 4 nitrogen and oxygen atoms in total. The summed E-state index contributed by atoms with van der Waals surface area (Å²) in [5.41, 5.74) is 0. The first-order chi connectivity index (χ1) is 6.15. The number of rotatable bonds is 1. The Balaban J connectivity index is 2.40. The summed E-state index contributed by atoms with van der Waals surface area (Å²) < 4.78 is 4.83. The highest BCUT2D eigenvalue weighted by Gasteiger charge is 2.28. The van der Waals surface area contributed by atoms with E-state index in [0.717, 1.165) is 6.42 Å². The van der Waals surface area contributed by atoms with Gasteiger partial charge in [0.2, 0.25) is 0 Å². The van der Waals surface area contributed by atoms with Gasteiger partial charge in [0.15, 0.2) is 0 Å². The quantitative estimate of drug-likeness (QED) is 0.707. The average molecular weight is 252 g/mol. The van der Waals surface area contributed by atoms with Crippen LogP contribution in [0.4, 0.5) is 4.79 Å². The highest BCUT2D eigenvalue weighted by Crippen LogP contribution is 2.18. The summed E-state index contributed by atoms with van der Waals surface area (Å²) in [7, 11) is 0. The molecule has 1 heterocycles. The zero-order chi connectivity index (χ0) is 9.84. The van der Waals surface area contributed by atoms with Crippen LogP contribution in [0.15, 0.2) is 0 Å². The Hall–Kier alpha value is -0.290. The topological polar surface area (TPSA) is 49.8 Å². The molecule has 0 saturated carbocycles. The van der Waals surface area contributed by atoms with Gasteiger partial charge in [0.1, 0.15) is 0 Å². The summed E-state index contributed by atoms with van der Waals surface area (Å²) >= 11 is 3.34. The molecule has 1 aliphatic heterocycles. The molecule has 1 amide bonds. The molecule has 76 valence electrons. The van der Waals surface area contributed by atoms with Gasteiger partial charge in [-0.25, -0.2) is 4.79 Å². The van der Waals surface area contributed by atoms with Crippen LogP contribution in [0.2, 0.25) is 0 Å². The van der Waals surface area contributed by atoms with Gasteiger partial charge in [-0.1, -0.05) is 15.9 Å². The Morgan fingerprint density at radius 1 is 1.77 bits per heavy atom. The number of hydrogen-bond acceptors (Lipinski definition) is 3. The summed E-state index contributed by atoms with van der Waals surface area (Å²) in [5.74, 6) is 0. The molecule has 2 unspecified atom stereocenters. The fourth-order valence-electron chi connectivity index (χ4n) is 1.28. The number of carbonyl (C=O) groups is 1. The lowest BCUT2D eigenvalue weighted by Crippen LogP contribution is -2.47. The lowest BCUT2D eigenvalue weighted by Gasteiger charge is -2.32. The molecule has 2 atom stereocenters. The fraction of sp³-hybridized carbons (Fsp3) is 0.875. The first kappa shape index (κ1) is 10.8. The van der Waals surface area contributed by atoms with Crippen LogP contribution >= 0.6 is 15.9 Å². The molecule has 0 radical (unpaired) electrons. The molecule has 0 aromatic rings. The third kappa shape index (κ3) is 2.84. The van der Waals surface area contributed by atoms with Crippen molar-refractivity contribution in [1.29, 1.82) is 0 Å². The third-order valence-corrected chi connectivity index (χ3v) is 3.09. The van der Waals surface area contributed by atoms with Crippen LogP contribution in [-0.2, 0) is 4.74 Å². The number of ether oxygens (including phenoxy) is 1. The molecule has 1 saturated heterocycles. The van der Waals surface area contributed by atoms with Crippen molar-refractivity contribution < 1.29 is 14.6 Å². The Morgan fingerprint density at radius 2 is 2.46 bits per heavy atom. The van der Waals surface area contributed by atoms with E-state index in [0.29, 0.717) is 19.7 Å². The third-order valence-electron chi connectivity index (χ3n) is 2.03. The predicted molar refractivity (Wildman–Crippen MR) is 51.9 cm³/mol. The number of halogens is 1. The monoisotopic (exact) mass is 251 g/mol. The second kappa shape index (κ2) is 4.81. The van der Waals surface area contributed by atoms with Crippen molar-refractivity contribution in [3.8, 4) is 0 Å². The molecule has 5 heteroatoms. The number of piperidine rings is 1. The molecule has 13 heavy (non-hydrogen) atoms. The van der Waals surface area contributed by atoms with Gasteiger partial charge in [-0.2, -0.15) is 0 Å². The first-order valence-electron chi connectivity index (χ1n) is 4.39. The number of aliphatic hydroxyl groups excluding tert-OH is 1. The normalized spacial score (nSPS) is 28.7. The molecule has 1 aliphatic rings. The predicted octanol–water partition coefficient (Wildman–Crippen LogP) is 0.973. The van der Waals surface area contributed by atoms with Gasteiger partial charge in [-0.15, -0.1) is 0 Å². The SMILES string of the molecule is CCOC(=O)N1CCC(Br)C(O)C1. The Kier molecular flexibility index (Phi) is 3.99. The molecule has 0 bridgehead atoms. The summed E-state index contributed by atoms with van der Waals surface area (Å²) in [6.07, 6.45) is -0.0564. The van der Waals surface area contributed by atoms with Crippen LogP contribution in [0.5, 0.6) is 0 Å². The lowest BCUT2D eigenvalue weighted by molar-refractivity contribution is 0.0556. The van der Waals surface area contributed by atoms with Gasteiger partial charge in [0.25, 0.3) is 0 Å². The smallest absolute Gasteiger partial charge is 0.409 e. The van der Waals surface area contributed by atoms with Gasteiger partial charge in [-0.05, 0) is 13.3 Å². The standard InChI is InChI=1S/C8H14BrNO3/c1-2-13-8(12)10-4-3-6(9)7(11)5-10/h6-7,11H,2-5H2,1H3. The summed E-state index contributed by atoms with van der Waals surface area (Å²) in [6, 6.07) is 0. The largest absolute Gasteiger partial charge is 0.450 e. The number of carbonyl (C=O) groups excluding carboxylic acids is 1. The van der Waals surface area contributed by atoms with Crippen LogP contribution in [0.1, 0.15) is 13.3 Å². The molecular weight excluding hydrogens is 238 g/mol. The van der Waals surface area contributed by atoms with Gasteiger partial charge in [0, 0.05) is 11.4 Å². The van der Waals surface area contributed by atoms with E-state index < -0.39 is 6.10 Å². The Morgan fingerprint density at radius 3 is 3.00 bits per heavy atom. The van der Waals surface area contributed by atoms with Crippen LogP contribution in [0.25, 0.3) is 0 Å². The molecule has 1 fully saturated rings. The molecule has 1 rings (SSSR count). The lowest BCUT2D eigenvalue weighted by atomic mass is 10.1. The second-order valence-corrected chi connectivity index (χ2v) is 4.19. The van der Waals surface area contributed by atoms with Crippen molar-refractivity contribution in [2.24, 2.45) is 0 Å². The van der Waals surface area contributed by atoms with Crippen LogP contribution in [-0.4, -0.2) is 46.7 Å². The minimum Gasteiger partial charge on any atom is -0.450 e. The molecule has 0 aromatic carbocycles. The molecular formula is C8H14BrNO3. The van der Waals surface area contributed by atoms with Crippen molar-refractivity contribution in [1.82, 2.24) is 4.90 Å². The van der Waals surface area contributed by atoms with E-state index in [9.17, 15) is 9.90 Å². The molecule has 0 aromatic heterocycles. The second-order valence-electron chi connectivity index (χ2n) is 3.02. The van der Waals surface area contributed by atoms with Crippen LogP contribution in [0.3, 0.4) is 0 Å². The fourth-order valence-corrected chi connectivity index (χ4v) is 1.66. The van der Waals surface area contributed by atoms with E-state index in [-0.39, 0.29) is 10.9 Å². The highest BCUT2D eigenvalue weighted by atomic mass is 79.9. The minimum atomic E-state index is -0.488. The molecule has 0 spiro atoms. The Labute approximate surface area is 86.0 Å². The van der Waals surface area contributed by atoms with E-state index in [4.69, 9.17) is 4.74 Å². The molecule has 1 N–H and O–H groups in total. The van der Waals surface area contributed by atoms with Crippen molar-refractivity contribution in [2.45, 2.75) is 24.3 Å². The number of amides is 1. The van der Waals surface area contributed by atoms with Crippen molar-refractivity contribution in [3.05, 3.63) is 0 Å². The van der Waals surface area contributed by atoms with Gasteiger partial charge >= 0.3 is 6.09 Å². The number of β-amino-alcohol motifs (C(OH)–C–C–N with tert-alkyl or cyclic N) is 1. The van der Waals surface area contributed by atoms with Crippen molar-refractivity contribution >= 4 is 22.0 Å². The maximum absolute atomic E-state index is 11.2. The molecule has 0 aliphatic carbocycles. The first-order valence-corrected chi connectivity index (χ1v) is 5.30. The van der Waals surface area contributed by atoms with E-state index in [1.807, 2.05) is 0 Å². The zero-order valence-corrected chi connectivity index (χ0v) is 9.16. The maximum Gasteiger partial charge on any atom is 0.409 e. The average Bonchev–Trinajstić information content (AvgIpc) is 2.10. The van der Waals surface area contributed by atoms with E-state index in [1.165, 1.54) is 4.90 Å². The van der Waals surface area contributed by atoms with Gasteiger partial charge in [-0.3, -0.25) is 0 Å². The zero-order valence-electron chi connectivity index (χ0n) is 7.57. The number of nitrogens with zero attached hydrogens (tertiary/aromatic N) is 1.